The Morgan fingerprint density at radius 2 is 1.46 bits per heavy atom. The molecular weight excluding hydrogens is 446 g/mol. The molecule has 2 rings (SSSR count). The molecule has 188 valence electrons. The molecular formula is C27H35N3O5. The summed E-state index contributed by atoms with van der Waals surface area (Å²) in [5.74, 6) is 0.0332. The minimum atomic E-state index is -0.477. The van der Waals surface area contributed by atoms with Crippen molar-refractivity contribution < 1.29 is 23.9 Å². The van der Waals surface area contributed by atoms with Gasteiger partial charge in [0, 0.05) is 6.42 Å². The summed E-state index contributed by atoms with van der Waals surface area (Å²) in [5, 5.41) is 6.50. The van der Waals surface area contributed by atoms with Crippen LogP contribution in [-0.4, -0.2) is 37.7 Å². The Kier molecular flexibility index (Phi) is 12.6. The van der Waals surface area contributed by atoms with Gasteiger partial charge in [0.15, 0.2) is 0 Å². The molecule has 0 spiro atoms. The van der Waals surface area contributed by atoms with E-state index in [2.05, 4.69) is 22.8 Å². The highest BCUT2D eigenvalue weighted by Crippen LogP contribution is 2.16. The van der Waals surface area contributed by atoms with E-state index in [0.717, 1.165) is 19.3 Å². The number of hydrogen-bond donors (Lipinski definition) is 2. The van der Waals surface area contributed by atoms with Gasteiger partial charge in [-0.3, -0.25) is 9.59 Å². The largest absolute Gasteiger partial charge is 0.497 e. The van der Waals surface area contributed by atoms with Crippen molar-refractivity contribution in [3.63, 3.8) is 0 Å². The summed E-state index contributed by atoms with van der Waals surface area (Å²) in [6.07, 6.45) is 9.88. The minimum absolute atomic E-state index is 0.118. The molecule has 2 N–H and O–H groups in total. The van der Waals surface area contributed by atoms with Crippen LogP contribution in [0.2, 0.25) is 0 Å². The number of hydrazone groups is 1. The third-order valence-corrected chi connectivity index (χ3v) is 5.27. The monoisotopic (exact) mass is 481 g/mol. The fraction of sp³-hybridized carbons (Fsp3) is 0.407. The van der Waals surface area contributed by atoms with E-state index < -0.39 is 11.9 Å². The summed E-state index contributed by atoms with van der Waals surface area (Å²) in [6.45, 7) is 2.07. The molecule has 0 radical (unpaired) electrons. The molecule has 0 aliphatic carbocycles. The molecule has 2 aromatic rings. The Hall–Kier alpha value is -3.68. The van der Waals surface area contributed by atoms with Gasteiger partial charge in [-0.15, -0.1) is 0 Å². The third-order valence-electron chi connectivity index (χ3n) is 5.27. The fourth-order valence-electron chi connectivity index (χ4n) is 3.24. The van der Waals surface area contributed by atoms with Gasteiger partial charge in [-0.25, -0.2) is 10.2 Å². The van der Waals surface area contributed by atoms with E-state index in [1.165, 1.54) is 31.9 Å². The topological polar surface area (TPSA) is 106 Å². The van der Waals surface area contributed by atoms with Crippen molar-refractivity contribution in [2.75, 3.05) is 13.7 Å². The number of nitrogens with one attached hydrogen (secondary N) is 2. The molecule has 0 aromatic heterocycles. The molecule has 0 unspecified atom stereocenters. The van der Waals surface area contributed by atoms with Crippen LogP contribution in [0.3, 0.4) is 0 Å². The molecule has 0 heterocycles. The van der Waals surface area contributed by atoms with Gasteiger partial charge in [-0.1, -0.05) is 45.4 Å². The van der Waals surface area contributed by atoms with Gasteiger partial charge in [0.2, 0.25) is 5.91 Å². The van der Waals surface area contributed by atoms with Crippen LogP contribution >= 0.6 is 0 Å². The van der Waals surface area contributed by atoms with Gasteiger partial charge in [0.05, 0.1) is 25.4 Å². The molecule has 0 saturated carbocycles. The molecule has 8 heteroatoms. The predicted molar refractivity (Wildman–Crippen MR) is 136 cm³/mol. The van der Waals surface area contributed by atoms with E-state index >= 15 is 0 Å². The van der Waals surface area contributed by atoms with Crippen LogP contribution in [-0.2, 0) is 9.59 Å². The van der Waals surface area contributed by atoms with E-state index in [-0.39, 0.29) is 12.5 Å². The Morgan fingerprint density at radius 1 is 0.829 bits per heavy atom. The molecule has 0 fully saturated rings. The SMILES string of the molecule is CCCCCCCCCC(=O)NCC(=O)NN=Cc1ccc(OC(=O)c2ccc(OC)cc2)cc1. The first-order valence-electron chi connectivity index (χ1n) is 12.1. The zero-order valence-corrected chi connectivity index (χ0v) is 20.5. The summed E-state index contributed by atoms with van der Waals surface area (Å²) in [5.41, 5.74) is 3.50. The number of ether oxygens (including phenoxy) is 2. The standard InChI is InChI=1S/C27H35N3O5/c1-3-4-5-6-7-8-9-10-25(31)28-20-26(32)30-29-19-21-11-15-24(16-12-21)35-27(33)22-13-17-23(34-2)18-14-22/h11-19H,3-10,20H2,1-2H3,(H,28,31)(H,30,32). The molecule has 8 nitrogen and oxygen atoms in total. The lowest BCUT2D eigenvalue weighted by molar-refractivity contribution is -0.126. The van der Waals surface area contributed by atoms with E-state index in [0.29, 0.717) is 29.0 Å². The van der Waals surface area contributed by atoms with E-state index in [1.807, 2.05) is 0 Å². The van der Waals surface area contributed by atoms with E-state index in [9.17, 15) is 14.4 Å². The molecule has 0 saturated heterocycles. The van der Waals surface area contributed by atoms with Crippen molar-refractivity contribution in [3.05, 3.63) is 59.7 Å². The van der Waals surface area contributed by atoms with Crippen molar-refractivity contribution in [1.29, 1.82) is 0 Å². The summed E-state index contributed by atoms with van der Waals surface area (Å²) in [7, 11) is 1.56. The lowest BCUT2D eigenvalue weighted by Gasteiger charge is -2.06. The Balaban J connectivity index is 1.64. The second kappa shape index (κ2) is 16.0. The maximum atomic E-state index is 12.2. The summed E-state index contributed by atoms with van der Waals surface area (Å²) in [4.78, 5) is 35.9. The maximum absolute atomic E-state index is 12.2. The molecule has 0 aliphatic heterocycles. The first kappa shape index (κ1) is 27.6. The predicted octanol–water partition coefficient (Wildman–Crippen LogP) is 4.62. The Labute approximate surface area is 207 Å². The van der Waals surface area contributed by atoms with Crippen molar-refractivity contribution in [3.8, 4) is 11.5 Å². The Bertz CT molecular complexity index is 956. The van der Waals surface area contributed by atoms with Gasteiger partial charge < -0.3 is 14.8 Å². The van der Waals surface area contributed by atoms with Crippen molar-refractivity contribution >= 4 is 24.0 Å². The number of amides is 2. The van der Waals surface area contributed by atoms with Crippen LogP contribution in [0.4, 0.5) is 0 Å². The zero-order valence-electron chi connectivity index (χ0n) is 20.5. The van der Waals surface area contributed by atoms with Gasteiger partial charge in [-0.2, -0.15) is 5.10 Å². The van der Waals surface area contributed by atoms with Crippen LogP contribution in [0, 0.1) is 0 Å². The molecule has 0 atom stereocenters. The first-order chi connectivity index (χ1) is 17.0. The number of carbonyl (C=O) groups is 3. The van der Waals surface area contributed by atoms with Gasteiger partial charge in [0.1, 0.15) is 11.5 Å². The second-order valence-electron chi connectivity index (χ2n) is 8.13. The molecule has 35 heavy (non-hydrogen) atoms. The highest BCUT2D eigenvalue weighted by atomic mass is 16.5. The van der Waals surface area contributed by atoms with Gasteiger partial charge >= 0.3 is 5.97 Å². The van der Waals surface area contributed by atoms with Gasteiger partial charge in [0.25, 0.3) is 5.91 Å². The number of rotatable bonds is 15. The summed E-state index contributed by atoms with van der Waals surface area (Å²) < 4.78 is 10.4. The third kappa shape index (κ3) is 11.3. The lowest BCUT2D eigenvalue weighted by atomic mass is 10.1. The van der Waals surface area contributed by atoms with Gasteiger partial charge in [-0.05, 0) is 60.5 Å². The second-order valence-corrected chi connectivity index (χ2v) is 8.13. The normalized spacial score (nSPS) is 10.7. The highest BCUT2D eigenvalue weighted by Gasteiger charge is 2.09. The zero-order chi connectivity index (χ0) is 25.3. The minimum Gasteiger partial charge on any atom is -0.497 e. The molecule has 0 aliphatic rings. The van der Waals surface area contributed by atoms with Crippen LogP contribution in [0.1, 0.15) is 74.2 Å². The Morgan fingerprint density at radius 3 is 2.11 bits per heavy atom. The number of unbranched alkanes of at least 4 members (excludes halogenated alkanes) is 6. The van der Waals surface area contributed by atoms with Crippen molar-refractivity contribution in [1.82, 2.24) is 10.7 Å². The molecule has 2 aromatic carbocycles. The fourth-order valence-corrected chi connectivity index (χ4v) is 3.24. The van der Waals surface area contributed by atoms with Crippen molar-refractivity contribution in [2.24, 2.45) is 5.10 Å². The average molecular weight is 482 g/mol. The summed E-state index contributed by atoms with van der Waals surface area (Å²) >= 11 is 0. The van der Waals surface area contributed by atoms with E-state index in [1.54, 1.807) is 55.6 Å². The molecule has 0 bridgehead atoms. The van der Waals surface area contributed by atoms with Crippen LogP contribution in [0.15, 0.2) is 53.6 Å². The van der Waals surface area contributed by atoms with E-state index in [4.69, 9.17) is 9.47 Å². The lowest BCUT2D eigenvalue weighted by Crippen LogP contribution is -2.34. The average Bonchev–Trinajstić information content (AvgIpc) is 2.88. The number of hydrogen-bond acceptors (Lipinski definition) is 6. The number of carbonyl (C=O) groups excluding carboxylic acids is 3. The van der Waals surface area contributed by atoms with Crippen LogP contribution in [0.25, 0.3) is 0 Å². The smallest absolute Gasteiger partial charge is 0.343 e. The quantitative estimate of drug-likeness (QED) is 0.127. The van der Waals surface area contributed by atoms with Crippen molar-refractivity contribution in [2.45, 2.75) is 58.3 Å². The number of nitrogens with zero attached hydrogens (tertiary/aromatic N) is 1. The molecule has 2 amide bonds. The highest BCUT2D eigenvalue weighted by molar-refractivity contribution is 5.91. The number of esters is 1. The first-order valence-corrected chi connectivity index (χ1v) is 12.1. The number of methoxy groups -OCH3 is 1. The number of benzene rings is 2. The maximum Gasteiger partial charge on any atom is 0.343 e. The van der Waals surface area contributed by atoms with Crippen LogP contribution in [0.5, 0.6) is 11.5 Å². The van der Waals surface area contributed by atoms with Crippen LogP contribution < -0.4 is 20.2 Å². The summed E-state index contributed by atoms with van der Waals surface area (Å²) in [6, 6.07) is 13.3.